The Kier molecular flexibility index (Phi) is 7.84. The van der Waals surface area contributed by atoms with Crippen LogP contribution in [-0.4, -0.2) is 19.0 Å². The summed E-state index contributed by atoms with van der Waals surface area (Å²) in [5.41, 5.74) is 5.84. The van der Waals surface area contributed by atoms with Crippen LogP contribution in [0.5, 0.6) is 0 Å². The lowest BCUT2D eigenvalue weighted by molar-refractivity contribution is -0.123. The minimum atomic E-state index is 0. The van der Waals surface area contributed by atoms with E-state index in [0.29, 0.717) is 24.5 Å². The first kappa shape index (κ1) is 16.8. The lowest BCUT2D eigenvalue weighted by atomic mass is 9.71. The Bertz CT molecular complexity index is 263. The summed E-state index contributed by atoms with van der Waals surface area (Å²) in [6, 6.07) is 0. The predicted molar refractivity (Wildman–Crippen MR) is 74.4 cm³/mol. The second-order valence-electron chi connectivity index (χ2n) is 4.74. The molecular weight excluding hydrogens is 259 g/mol. The number of carbonyl (C=O) groups excluding carboxylic acids is 1. The van der Waals surface area contributed by atoms with Gasteiger partial charge in [-0.15, -0.1) is 12.4 Å². The molecule has 100 valence electrons. The Morgan fingerprint density at radius 1 is 1.35 bits per heavy atom. The largest absolute Gasteiger partial charge is 0.351 e. The fourth-order valence-corrected chi connectivity index (χ4v) is 2.42. The van der Waals surface area contributed by atoms with Crippen molar-refractivity contribution < 1.29 is 4.79 Å². The van der Waals surface area contributed by atoms with Gasteiger partial charge in [-0.3, -0.25) is 4.79 Å². The van der Waals surface area contributed by atoms with Crippen LogP contribution in [0.2, 0.25) is 0 Å². The fraction of sp³-hybridized carbons (Fsp3) is 0.750. The molecular formula is C12H22Cl2N2O. The predicted octanol–water partition coefficient (Wildman–Crippen LogP) is 2.58. The van der Waals surface area contributed by atoms with Gasteiger partial charge >= 0.3 is 0 Å². The minimum Gasteiger partial charge on any atom is -0.351 e. The van der Waals surface area contributed by atoms with Crippen LogP contribution < -0.4 is 11.1 Å². The third-order valence-corrected chi connectivity index (χ3v) is 3.49. The van der Waals surface area contributed by atoms with E-state index >= 15 is 0 Å². The molecule has 1 amide bonds. The Morgan fingerprint density at radius 3 is 2.41 bits per heavy atom. The normalized spacial score (nSPS) is 18.0. The number of nitrogens with two attached hydrogens (primary N) is 1. The van der Waals surface area contributed by atoms with Crippen molar-refractivity contribution >= 4 is 29.9 Å². The highest BCUT2D eigenvalue weighted by Crippen LogP contribution is 2.38. The third kappa shape index (κ3) is 5.75. The van der Waals surface area contributed by atoms with Crippen LogP contribution in [0.25, 0.3) is 0 Å². The molecule has 0 atom stereocenters. The molecule has 3 N–H and O–H groups in total. The van der Waals surface area contributed by atoms with E-state index in [9.17, 15) is 4.79 Å². The van der Waals surface area contributed by atoms with Gasteiger partial charge in [-0.05, 0) is 24.8 Å². The van der Waals surface area contributed by atoms with E-state index in [1.807, 2.05) is 0 Å². The lowest BCUT2D eigenvalue weighted by Gasteiger charge is -2.35. The zero-order valence-electron chi connectivity index (χ0n) is 10.1. The standard InChI is InChI=1S/C12H21ClN2O.ClH/c1-10(13)8-15-11(16)7-12(9-14)5-3-2-4-6-12;/h1-9,14H2,(H,15,16);1H. The monoisotopic (exact) mass is 280 g/mol. The van der Waals surface area contributed by atoms with Crippen molar-refractivity contribution in [2.45, 2.75) is 38.5 Å². The quantitative estimate of drug-likeness (QED) is 0.813. The molecule has 1 fully saturated rings. The molecule has 0 aromatic rings. The molecule has 5 heteroatoms. The Balaban J connectivity index is 0.00000256. The molecule has 0 aromatic carbocycles. The number of halogens is 2. The van der Waals surface area contributed by atoms with Gasteiger partial charge in [0, 0.05) is 11.5 Å². The van der Waals surface area contributed by atoms with Crippen LogP contribution in [0, 0.1) is 5.41 Å². The van der Waals surface area contributed by atoms with E-state index in [0.717, 1.165) is 12.8 Å². The molecule has 1 rings (SSSR count). The maximum atomic E-state index is 11.7. The average Bonchev–Trinajstić information content (AvgIpc) is 2.28. The highest BCUT2D eigenvalue weighted by atomic mass is 35.5. The molecule has 0 spiro atoms. The number of amides is 1. The van der Waals surface area contributed by atoms with E-state index in [4.69, 9.17) is 17.3 Å². The first-order valence-electron chi connectivity index (χ1n) is 5.88. The SMILES string of the molecule is C=C(Cl)CNC(=O)CC1(CN)CCCCC1.Cl. The number of rotatable bonds is 5. The second kappa shape index (κ2) is 7.96. The molecule has 1 saturated carbocycles. The number of hydrogen-bond donors (Lipinski definition) is 2. The van der Waals surface area contributed by atoms with Crippen molar-refractivity contribution in [2.24, 2.45) is 11.1 Å². The van der Waals surface area contributed by atoms with Crippen molar-refractivity contribution in [3.63, 3.8) is 0 Å². The van der Waals surface area contributed by atoms with Crippen molar-refractivity contribution in [3.05, 3.63) is 11.6 Å². The topological polar surface area (TPSA) is 55.1 Å². The Labute approximate surface area is 115 Å². The van der Waals surface area contributed by atoms with E-state index in [-0.39, 0.29) is 23.7 Å². The van der Waals surface area contributed by atoms with Crippen LogP contribution in [0.3, 0.4) is 0 Å². The van der Waals surface area contributed by atoms with E-state index in [1.165, 1.54) is 19.3 Å². The molecule has 0 unspecified atom stereocenters. The van der Waals surface area contributed by atoms with Gasteiger partial charge in [-0.2, -0.15) is 0 Å². The van der Waals surface area contributed by atoms with Crippen LogP contribution in [0.4, 0.5) is 0 Å². The summed E-state index contributed by atoms with van der Waals surface area (Å²) < 4.78 is 0. The van der Waals surface area contributed by atoms with Crippen molar-refractivity contribution in [2.75, 3.05) is 13.1 Å². The van der Waals surface area contributed by atoms with Crippen LogP contribution in [0.15, 0.2) is 11.6 Å². The lowest BCUT2D eigenvalue weighted by Crippen LogP contribution is -2.38. The van der Waals surface area contributed by atoms with Gasteiger partial charge in [0.25, 0.3) is 0 Å². The Hall–Kier alpha value is -0.250. The first-order valence-corrected chi connectivity index (χ1v) is 6.26. The van der Waals surface area contributed by atoms with Gasteiger partial charge in [-0.25, -0.2) is 0 Å². The van der Waals surface area contributed by atoms with Crippen LogP contribution in [-0.2, 0) is 4.79 Å². The van der Waals surface area contributed by atoms with E-state index < -0.39 is 0 Å². The summed E-state index contributed by atoms with van der Waals surface area (Å²) in [6.07, 6.45) is 6.30. The summed E-state index contributed by atoms with van der Waals surface area (Å²) in [5.74, 6) is 0.0363. The van der Waals surface area contributed by atoms with E-state index in [2.05, 4.69) is 11.9 Å². The molecule has 0 saturated heterocycles. The molecule has 1 aliphatic rings. The minimum absolute atomic E-state index is 0. The summed E-state index contributed by atoms with van der Waals surface area (Å²) in [5, 5.41) is 3.22. The molecule has 0 heterocycles. The third-order valence-electron chi connectivity index (χ3n) is 3.36. The summed E-state index contributed by atoms with van der Waals surface area (Å²) in [7, 11) is 0. The zero-order valence-corrected chi connectivity index (χ0v) is 11.7. The molecule has 0 bridgehead atoms. The molecule has 0 aromatic heterocycles. The second-order valence-corrected chi connectivity index (χ2v) is 5.27. The molecule has 1 aliphatic carbocycles. The van der Waals surface area contributed by atoms with Gasteiger partial charge < -0.3 is 11.1 Å². The fourth-order valence-electron chi connectivity index (χ4n) is 2.35. The number of carbonyl (C=O) groups is 1. The van der Waals surface area contributed by atoms with Crippen molar-refractivity contribution in [1.82, 2.24) is 5.32 Å². The maximum Gasteiger partial charge on any atom is 0.220 e. The zero-order chi connectivity index (χ0) is 12.0. The number of hydrogen-bond acceptors (Lipinski definition) is 2. The van der Waals surface area contributed by atoms with Crippen molar-refractivity contribution in [3.8, 4) is 0 Å². The first-order chi connectivity index (χ1) is 7.58. The number of nitrogens with one attached hydrogen (secondary N) is 1. The maximum absolute atomic E-state index is 11.7. The van der Waals surface area contributed by atoms with Gasteiger partial charge in [0.2, 0.25) is 5.91 Å². The summed E-state index contributed by atoms with van der Waals surface area (Å²) in [6.45, 7) is 4.49. The highest BCUT2D eigenvalue weighted by molar-refractivity contribution is 6.29. The van der Waals surface area contributed by atoms with Crippen molar-refractivity contribution in [1.29, 1.82) is 0 Å². The van der Waals surface area contributed by atoms with Crippen LogP contribution in [0.1, 0.15) is 38.5 Å². The molecule has 0 aliphatic heterocycles. The van der Waals surface area contributed by atoms with Gasteiger partial charge in [0.05, 0.1) is 6.54 Å². The highest BCUT2D eigenvalue weighted by Gasteiger charge is 2.32. The van der Waals surface area contributed by atoms with Crippen LogP contribution >= 0.6 is 24.0 Å². The van der Waals surface area contributed by atoms with E-state index in [1.54, 1.807) is 0 Å². The van der Waals surface area contributed by atoms with Gasteiger partial charge in [-0.1, -0.05) is 37.4 Å². The smallest absolute Gasteiger partial charge is 0.220 e. The molecule has 17 heavy (non-hydrogen) atoms. The van der Waals surface area contributed by atoms with Gasteiger partial charge in [0.1, 0.15) is 0 Å². The molecule has 0 radical (unpaired) electrons. The molecule has 3 nitrogen and oxygen atoms in total. The van der Waals surface area contributed by atoms with Gasteiger partial charge in [0.15, 0.2) is 0 Å². The Morgan fingerprint density at radius 2 is 1.94 bits per heavy atom. The average molecular weight is 281 g/mol. The summed E-state index contributed by atoms with van der Waals surface area (Å²) in [4.78, 5) is 11.7. The summed E-state index contributed by atoms with van der Waals surface area (Å²) >= 11 is 5.60.